The summed E-state index contributed by atoms with van der Waals surface area (Å²) in [5.74, 6) is -0.737. The Morgan fingerprint density at radius 2 is 1.80 bits per heavy atom. The summed E-state index contributed by atoms with van der Waals surface area (Å²) in [6, 6.07) is 5.52. The van der Waals surface area contributed by atoms with E-state index >= 15 is 0 Å². The molecule has 3 N–H and O–H groups in total. The van der Waals surface area contributed by atoms with Gasteiger partial charge in [-0.1, -0.05) is 12.1 Å². The van der Waals surface area contributed by atoms with Crippen LogP contribution in [0.25, 0.3) is 11.6 Å². The standard InChI is InChI=1S/C19H16F3N5O3/c1-10(28)15(11-3-5-12(6-4-11)19(20,21)22)27-18(30)13-9-14(29)26-17(25-13)16-23-7-2-8-24-16/h2-10,15,28H,1H3,(H,27,30)(H,25,26,29)/t10-,15+/m0/s1. The number of benzene rings is 1. The first-order chi connectivity index (χ1) is 14.1. The molecule has 0 fully saturated rings. The van der Waals surface area contributed by atoms with E-state index in [1.807, 2.05) is 0 Å². The summed E-state index contributed by atoms with van der Waals surface area (Å²) < 4.78 is 38.3. The Kier molecular flexibility index (Phi) is 5.92. The molecule has 2 heterocycles. The Hall–Kier alpha value is -3.60. The van der Waals surface area contributed by atoms with Gasteiger partial charge in [0.15, 0.2) is 11.6 Å². The lowest BCUT2D eigenvalue weighted by Gasteiger charge is -2.22. The Balaban J connectivity index is 1.87. The highest BCUT2D eigenvalue weighted by Gasteiger charge is 2.31. The number of hydrogen-bond acceptors (Lipinski definition) is 6. The molecule has 0 bridgehead atoms. The Morgan fingerprint density at radius 3 is 2.37 bits per heavy atom. The number of aliphatic hydroxyl groups excluding tert-OH is 1. The van der Waals surface area contributed by atoms with Gasteiger partial charge >= 0.3 is 6.18 Å². The maximum absolute atomic E-state index is 12.8. The van der Waals surface area contributed by atoms with Gasteiger partial charge in [0.1, 0.15) is 5.69 Å². The zero-order chi connectivity index (χ0) is 21.9. The first kappa shape index (κ1) is 21.1. The normalized spacial score (nSPS) is 13.5. The van der Waals surface area contributed by atoms with Gasteiger partial charge in [0.05, 0.1) is 17.7 Å². The molecule has 0 saturated heterocycles. The number of amides is 1. The van der Waals surface area contributed by atoms with Crippen LogP contribution < -0.4 is 10.9 Å². The molecule has 2 atom stereocenters. The lowest BCUT2D eigenvalue weighted by molar-refractivity contribution is -0.137. The molecule has 0 aliphatic heterocycles. The molecule has 0 aliphatic carbocycles. The van der Waals surface area contributed by atoms with E-state index in [2.05, 4.69) is 25.3 Å². The van der Waals surface area contributed by atoms with Crippen LogP contribution in [0.5, 0.6) is 0 Å². The number of hydrogen-bond donors (Lipinski definition) is 3. The van der Waals surface area contributed by atoms with E-state index in [0.29, 0.717) is 0 Å². The van der Waals surface area contributed by atoms with Crippen LogP contribution in [0.2, 0.25) is 0 Å². The van der Waals surface area contributed by atoms with Crippen molar-refractivity contribution < 1.29 is 23.1 Å². The van der Waals surface area contributed by atoms with Crippen molar-refractivity contribution in [3.05, 3.63) is 76.0 Å². The zero-order valence-corrected chi connectivity index (χ0v) is 15.5. The third-order valence-corrected chi connectivity index (χ3v) is 4.12. The monoisotopic (exact) mass is 419 g/mol. The minimum absolute atomic E-state index is 0.0311. The second-order valence-electron chi connectivity index (χ2n) is 6.36. The molecular formula is C19H16F3N5O3. The quantitative estimate of drug-likeness (QED) is 0.583. The van der Waals surface area contributed by atoms with Gasteiger partial charge < -0.3 is 15.4 Å². The first-order valence-electron chi connectivity index (χ1n) is 8.70. The van der Waals surface area contributed by atoms with Gasteiger partial charge in [-0.05, 0) is 30.7 Å². The number of H-pyrrole nitrogens is 1. The maximum atomic E-state index is 12.8. The van der Waals surface area contributed by atoms with E-state index in [0.717, 1.165) is 30.3 Å². The van der Waals surface area contributed by atoms with Crippen molar-refractivity contribution in [2.75, 3.05) is 0 Å². The second-order valence-corrected chi connectivity index (χ2v) is 6.36. The van der Waals surface area contributed by atoms with Crippen LogP contribution in [0.15, 0.2) is 53.6 Å². The van der Waals surface area contributed by atoms with Crippen LogP contribution in [-0.2, 0) is 6.18 Å². The fourth-order valence-electron chi connectivity index (χ4n) is 2.68. The van der Waals surface area contributed by atoms with Crippen molar-refractivity contribution in [3.63, 3.8) is 0 Å². The number of rotatable bonds is 5. The second kappa shape index (κ2) is 8.41. The lowest BCUT2D eigenvalue weighted by Crippen LogP contribution is -2.36. The predicted molar refractivity (Wildman–Crippen MR) is 99.2 cm³/mol. The molecule has 156 valence electrons. The summed E-state index contributed by atoms with van der Waals surface area (Å²) in [7, 11) is 0. The number of nitrogens with one attached hydrogen (secondary N) is 2. The van der Waals surface area contributed by atoms with Gasteiger partial charge in [0.2, 0.25) is 0 Å². The van der Waals surface area contributed by atoms with E-state index in [4.69, 9.17) is 0 Å². The van der Waals surface area contributed by atoms with Crippen LogP contribution in [-0.4, -0.2) is 37.1 Å². The molecule has 30 heavy (non-hydrogen) atoms. The average Bonchev–Trinajstić information content (AvgIpc) is 2.71. The Morgan fingerprint density at radius 1 is 1.17 bits per heavy atom. The molecule has 1 amide bonds. The summed E-state index contributed by atoms with van der Waals surface area (Å²) in [5.41, 5.74) is -1.49. The zero-order valence-electron chi connectivity index (χ0n) is 15.5. The van der Waals surface area contributed by atoms with E-state index < -0.39 is 35.4 Å². The lowest BCUT2D eigenvalue weighted by atomic mass is 10.0. The summed E-state index contributed by atoms with van der Waals surface area (Å²) >= 11 is 0. The molecule has 3 rings (SSSR count). The van der Waals surface area contributed by atoms with E-state index in [1.54, 1.807) is 6.07 Å². The van der Waals surface area contributed by atoms with Crippen molar-refractivity contribution >= 4 is 5.91 Å². The van der Waals surface area contributed by atoms with Gasteiger partial charge in [-0.3, -0.25) is 9.59 Å². The largest absolute Gasteiger partial charge is 0.416 e. The summed E-state index contributed by atoms with van der Waals surface area (Å²) in [6.45, 7) is 1.37. The Labute approximate surface area is 167 Å². The van der Waals surface area contributed by atoms with Gasteiger partial charge in [-0.25, -0.2) is 15.0 Å². The van der Waals surface area contributed by atoms with Crippen molar-refractivity contribution in [3.8, 4) is 11.6 Å². The van der Waals surface area contributed by atoms with E-state index in [1.165, 1.54) is 19.3 Å². The predicted octanol–water partition coefficient (Wildman–Crippen LogP) is 2.10. The minimum atomic E-state index is -4.51. The molecule has 3 aromatic rings. The van der Waals surface area contributed by atoms with Gasteiger partial charge in [0, 0.05) is 18.5 Å². The van der Waals surface area contributed by atoms with Crippen LogP contribution in [0.3, 0.4) is 0 Å². The van der Waals surface area contributed by atoms with Gasteiger partial charge in [0.25, 0.3) is 11.5 Å². The first-order valence-corrected chi connectivity index (χ1v) is 8.70. The highest BCUT2D eigenvalue weighted by atomic mass is 19.4. The minimum Gasteiger partial charge on any atom is -0.391 e. The maximum Gasteiger partial charge on any atom is 0.416 e. The number of carbonyl (C=O) groups excluding carboxylic acids is 1. The molecule has 0 spiro atoms. The number of aromatic amines is 1. The van der Waals surface area contributed by atoms with Crippen molar-refractivity contribution in [2.24, 2.45) is 0 Å². The number of halogens is 3. The highest BCUT2D eigenvalue weighted by molar-refractivity contribution is 5.92. The van der Waals surface area contributed by atoms with Crippen molar-refractivity contribution in [1.82, 2.24) is 25.3 Å². The number of carbonyl (C=O) groups is 1. The molecule has 11 heteroatoms. The average molecular weight is 419 g/mol. The number of alkyl halides is 3. The number of aliphatic hydroxyl groups is 1. The SMILES string of the molecule is C[C@H](O)[C@@H](NC(=O)c1cc(=O)[nH]c(-c2ncccn2)n1)c1ccc(C(F)(F)F)cc1. The molecule has 2 aromatic heterocycles. The van der Waals surface area contributed by atoms with Crippen LogP contribution in [0.4, 0.5) is 13.2 Å². The molecule has 0 aliphatic rings. The molecule has 0 saturated carbocycles. The fourth-order valence-corrected chi connectivity index (χ4v) is 2.68. The molecule has 1 aromatic carbocycles. The van der Waals surface area contributed by atoms with E-state index in [-0.39, 0.29) is 22.9 Å². The Bertz CT molecular complexity index is 1080. The van der Waals surface area contributed by atoms with E-state index in [9.17, 15) is 27.9 Å². The topological polar surface area (TPSA) is 121 Å². The fraction of sp³-hybridized carbons (Fsp3) is 0.211. The van der Waals surface area contributed by atoms with Gasteiger partial charge in [-0.15, -0.1) is 0 Å². The van der Waals surface area contributed by atoms with Crippen molar-refractivity contribution in [1.29, 1.82) is 0 Å². The third-order valence-electron chi connectivity index (χ3n) is 4.12. The molecule has 8 nitrogen and oxygen atoms in total. The van der Waals surface area contributed by atoms with Crippen LogP contribution in [0, 0.1) is 0 Å². The number of aromatic nitrogens is 4. The van der Waals surface area contributed by atoms with Gasteiger partial charge in [-0.2, -0.15) is 13.2 Å². The molecular weight excluding hydrogens is 403 g/mol. The molecule has 0 radical (unpaired) electrons. The van der Waals surface area contributed by atoms with Crippen molar-refractivity contribution in [2.45, 2.75) is 25.2 Å². The molecule has 0 unspecified atom stereocenters. The van der Waals surface area contributed by atoms with Crippen LogP contribution >= 0.6 is 0 Å². The smallest absolute Gasteiger partial charge is 0.391 e. The summed E-state index contributed by atoms with van der Waals surface area (Å²) in [5, 5.41) is 12.5. The number of nitrogens with zero attached hydrogens (tertiary/aromatic N) is 3. The third kappa shape index (κ3) is 4.87. The van der Waals surface area contributed by atoms with Crippen LogP contribution in [0.1, 0.15) is 34.6 Å². The summed E-state index contributed by atoms with van der Waals surface area (Å²) in [6.07, 6.45) is -2.77. The summed E-state index contributed by atoms with van der Waals surface area (Å²) in [4.78, 5) is 38.9. The highest BCUT2D eigenvalue weighted by Crippen LogP contribution is 2.30.